The van der Waals surface area contributed by atoms with Crippen molar-refractivity contribution >= 4 is 5.91 Å². The fourth-order valence-corrected chi connectivity index (χ4v) is 2.91. The number of hydrogen-bond donors (Lipinski definition) is 1. The first-order chi connectivity index (χ1) is 11.7. The number of methoxy groups -OCH3 is 2. The second-order valence-electron chi connectivity index (χ2n) is 5.56. The second kappa shape index (κ2) is 6.86. The molecule has 0 bridgehead atoms. The van der Waals surface area contributed by atoms with Crippen LogP contribution in [-0.2, 0) is 6.42 Å². The van der Waals surface area contributed by atoms with Crippen LogP contribution in [-0.4, -0.2) is 51.7 Å². The number of nitrogens with one attached hydrogen (secondary N) is 1. The summed E-state index contributed by atoms with van der Waals surface area (Å²) >= 11 is 0. The zero-order chi connectivity index (χ0) is 17.1. The number of H-pyrrole nitrogens is 1. The van der Waals surface area contributed by atoms with Crippen LogP contribution in [0.25, 0.3) is 0 Å². The van der Waals surface area contributed by atoms with E-state index in [0.717, 1.165) is 25.1 Å². The van der Waals surface area contributed by atoms with E-state index in [1.165, 1.54) is 14.2 Å². The van der Waals surface area contributed by atoms with Gasteiger partial charge in [-0.15, -0.1) is 0 Å². The molecule has 0 spiro atoms. The van der Waals surface area contributed by atoms with E-state index in [0.29, 0.717) is 23.8 Å². The summed E-state index contributed by atoms with van der Waals surface area (Å²) in [5.74, 6) is 2.02. The summed E-state index contributed by atoms with van der Waals surface area (Å²) in [7, 11) is 3.01. The van der Waals surface area contributed by atoms with E-state index in [4.69, 9.17) is 9.47 Å². The SMILES string of the molecule is CCc1nc(C2CCCN2C(=O)c2ccc(OC)nc2OC)n[nH]1. The minimum atomic E-state index is -0.132. The summed E-state index contributed by atoms with van der Waals surface area (Å²) in [6, 6.07) is 3.21. The van der Waals surface area contributed by atoms with Gasteiger partial charge in [0, 0.05) is 19.0 Å². The first kappa shape index (κ1) is 16.2. The molecule has 0 aliphatic carbocycles. The van der Waals surface area contributed by atoms with Crippen LogP contribution in [0.2, 0.25) is 0 Å². The average Bonchev–Trinajstić information content (AvgIpc) is 3.28. The lowest BCUT2D eigenvalue weighted by Gasteiger charge is -2.23. The minimum Gasteiger partial charge on any atom is -0.481 e. The Labute approximate surface area is 140 Å². The number of aryl methyl sites for hydroxylation is 1. The molecule has 1 N–H and O–H groups in total. The van der Waals surface area contributed by atoms with Crippen LogP contribution in [0.3, 0.4) is 0 Å². The predicted octanol–water partition coefficient (Wildman–Crippen LogP) is 1.76. The smallest absolute Gasteiger partial charge is 0.259 e. The van der Waals surface area contributed by atoms with E-state index >= 15 is 0 Å². The summed E-state index contributed by atoms with van der Waals surface area (Å²) in [5, 5.41) is 7.18. The van der Waals surface area contributed by atoms with Gasteiger partial charge in [0.15, 0.2) is 5.82 Å². The Morgan fingerprint density at radius 1 is 1.33 bits per heavy atom. The molecule has 1 fully saturated rings. The summed E-state index contributed by atoms with van der Waals surface area (Å²) < 4.78 is 10.3. The van der Waals surface area contributed by atoms with Crippen molar-refractivity contribution in [2.45, 2.75) is 32.2 Å². The predicted molar refractivity (Wildman–Crippen MR) is 86.1 cm³/mol. The molecule has 1 unspecified atom stereocenters. The molecule has 2 aromatic heterocycles. The topological polar surface area (TPSA) is 93.2 Å². The van der Waals surface area contributed by atoms with Crippen molar-refractivity contribution in [3.8, 4) is 11.8 Å². The van der Waals surface area contributed by atoms with Gasteiger partial charge in [-0.05, 0) is 18.9 Å². The highest BCUT2D eigenvalue weighted by molar-refractivity contribution is 5.96. The zero-order valence-corrected chi connectivity index (χ0v) is 14.1. The largest absolute Gasteiger partial charge is 0.481 e. The first-order valence-corrected chi connectivity index (χ1v) is 7.99. The van der Waals surface area contributed by atoms with Gasteiger partial charge in [-0.25, -0.2) is 4.98 Å². The maximum absolute atomic E-state index is 13.0. The minimum absolute atomic E-state index is 0.124. The van der Waals surface area contributed by atoms with Crippen molar-refractivity contribution in [3.05, 3.63) is 29.3 Å². The number of rotatable bonds is 5. The summed E-state index contributed by atoms with van der Waals surface area (Å²) in [5.41, 5.74) is 0.413. The van der Waals surface area contributed by atoms with Crippen LogP contribution >= 0.6 is 0 Å². The molecule has 0 aromatic carbocycles. The van der Waals surface area contributed by atoms with E-state index in [2.05, 4.69) is 20.2 Å². The molecular formula is C16H21N5O3. The Morgan fingerprint density at radius 2 is 2.17 bits per heavy atom. The monoisotopic (exact) mass is 331 g/mol. The van der Waals surface area contributed by atoms with Crippen LogP contribution in [0.1, 0.15) is 47.8 Å². The maximum Gasteiger partial charge on any atom is 0.259 e. The van der Waals surface area contributed by atoms with Gasteiger partial charge in [-0.1, -0.05) is 6.92 Å². The van der Waals surface area contributed by atoms with Gasteiger partial charge in [-0.3, -0.25) is 9.89 Å². The van der Waals surface area contributed by atoms with Crippen molar-refractivity contribution in [1.29, 1.82) is 0 Å². The average molecular weight is 331 g/mol. The molecule has 8 nitrogen and oxygen atoms in total. The standard InChI is InChI=1S/C16H21N5O3/c1-4-12-17-14(20-19-12)11-6-5-9-21(11)16(22)10-7-8-13(23-2)18-15(10)24-3/h7-8,11H,4-6,9H2,1-3H3,(H,17,19,20). The third-order valence-electron chi connectivity index (χ3n) is 4.16. The number of likely N-dealkylation sites (tertiary alicyclic amines) is 1. The number of amides is 1. The fourth-order valence-electron chi connectivity index (χ4n) is 2.91. The molecule has 0 saturated carbocycles. The van der Waals surface area contributed by atoms with E-state index in [1.54, 1.807) is 17.0 Å². The van der Waals surface area contributed by atoms with E-state index in [-0.39, 0.29) is 17.8 Å². The van der Waals surface area contributed by atoms with Crippen molar-refractivity contribution in [3.63, 3.8) is 0 Å². The van der Waals surface area contributed by atoms with Gasteiger partial charge in [0.2, 0.25) is 11.8 Å². The van der Waals surface area contributed by atoms with Gasteiger partial charge >= 0.3 is 0 Å². The van der Waals surface area contributed by atoms with Gasteiger partial charge in [-0.2, -0.15) is 10.1 Å². The van der Waals surface area contributed by atoms with E-state index < -0.39 is 0 Å². The lowest BCUT2D eigenvalue weighted by molar-refractivity contribution is 0.0725. The molecule has 24 heavy (non-hydrogen) atoms. The number of carbonyl (C=O) groups is 1. The van der Waals surface area contributed by atoms with Crippen molar-refractivity contribution in [2.24, 2.45) is 0 Å². The third kappa shape index (κ3) is 2.91. The molecule has 3 rings (SSSR count). The van der Waals surface area contributed by atoms with Crippen molar-refractivity contribution in [1.82, 2.24) is 25.1 Å². The van der Waals surface area contributed by atoms with Crippen LogP contribution in [0.5, 0.6) is 11.8 Å². The van der Waals surface area contributed by atoms with Crippen LogP contribution in [0.4, 0.5) is 0 Å². The van der Waals surface area contributed by atoms with Crippen LogP contribution in [0, 0.1) is 0 Å². The fraction of sp³-hybridized carbons (Fsp3) is 0.500. The Hall–Kier alpha value is -2.64. The molecule has 128 valence electrons. The van der Waals surface area contributed by atoms with Gasteiger partial charge in [0.25, 0.3) is 5.91 Å². The van der Waals surface area contributed by atoms with Crippen LogP contribution in [0.15, 0.2) is 12.1 Å². The summed E-state index contributed by atoms with van der Waals surface area (Å²) in [4.78, 5) is 23.4. The number of pyridine rings is 1. The molecule has 1 aliphatic rings. The number of nitrogens with zero attached hydrogens (tertiary/aromatic N) is 4. The lowest BCUT2D eigenvalue weighted by Crippen LogP contribution is -2.31. The Bertz CT molecular complexity index is 730. The first-order valence-electron chi connectivity index (χ1n) is 7.99. The highest BCUT2D eigenvalue weighted by Gasteiger charge is 2.34. The quantitative estimate of drug-likeness (QED) is 0.897. The van der Waals surface area contributed by atoms with E-state index in [1.807, 2.05) is 6.92 Å². The molecule has 3 heterocycles. The Morgan fingerprint density at radius 3 is 2.83 bits per heavy atom. The Kier molecular flexibility index (Phi) is 4.64. The molecular weight excluding hydrogens is 310 g/mol. The Balaban J connectivity index is 1.88. The highest BCUT2D eigenvalue weighted by Crippen LogP contribution is 2.33. The number of hydrogen-bond acceptors (Lipinski definition) is 6. The second-order valence-corrected chi connectivity index (χ2v) is 5.56. The summed E-state index contributed by atoms with van der Waals surface area (Å²) in [6.07, 6.45) is 2.54. The number of ether oxygens (including phenoxy) is 2. The van der Waals surface area contributed by atoms with Crippen molar-refractivity contribution in [2.75, 3.05) is 20.8 Å². The summed E-state index contributed by atoms with van der Waals surface area (Å²) in [6.45, 7) is 2.67. The van der Waals surface area contributed by atoms with E-state index in [9.17, 15) is 4.79 Å². The molecule has 1 aliphatic heterocycles. The molecule has 1 saturated heterocycles. The highest BCUT2D eigenvalue weighted by atomic mass is 16.5. The normalized spacial score (nSPS) is 17.1. The van der Waals surface area contributed by atoms with Crippen molar-refractivity contribution < 1.29 is 14.3 Å². The number of carbonyl (C=O) groups excluding carboxylic acids is 1. The van der Waals surface area contributed by atoms with Gasteiger partial charge in [0.1, 0.15) is 11.4 Å². The zero-order valence-electron chi connectivity index (χ0n) is 14.1. The number of aromatic amines is 1. The molecule has 8 heteroatoms. The maximum atomic E-state index is 13.0. The van der Waals surface area contributed by atoms with Gasteiger partial charge < -0.3 is 14.4 Å². The molecule has 1 amide bonds. The van der Waals surface area contributed by atoms with Crippen LogP contribution < -0.4 is 9.47 Å². The number of aromatic nitrogens is 4. The molecule has 2 aromatic rings. The van der Waals surface area contributed by atoms with Gasteiger partial charge in [0.05, 0.1) is 20.3 Å². The molecule has 1 atom stereocenters. The third-order valence-corrected chi connectivity index (χ3v) is 4.16. The molecule has 0 radical (unpaired) electrons. The lowest BCUT2D eigenvalue weighted by atomic mass is 10.2.